The second-order valence-electron chi connectivity index (χ2n) is 6.47. The van der Waals surface area contributed by atoms with Crippen LogP contribution < -0.4 is 4.74 Å². The standard InChI is InChI=1S/C24H17Cl2NO2/c25-20-14-21(26)24(28)23-19(20)13-12-18(27-23)11-10-17-8-4-5-9-22(17)29-15-16-6-2-1-3-7-16/h1-14,28H,15H2. The molecule has 4 rings (SSSR count). The number of hydrogen-bond donors (Lipinski definition) is 1. The van der Waals surface area contributed by atoms with Gasteiger partial charge in [-0.25, -0.2) is 4.98 Å². The van der Waals surface area contributed by atoms with Gasteiger partial charge in [0.05, 0.1) is 15.7 Å². The largest absolute Gasteiger partial charge is 0.504 e. The van der Waals surface area contributed by atoms with Crippen molar-refractivity contribution in [2.75, 3.05) is 0 Å². The first kappa shape index (κ1) is 19.3. The van der Waals surface area contributed by atoms with Gasteiger partial charge in [-0.1, -0.05) is 71.7 Å². The number of aromatic hydroxyl groups is 1. The Hall–Kier alpha value is -3.01. The zero-order valence-electron chi connectivity index (χ0n) is 15.3. The second kappa shape index (κ2) is 8.56. The highest BCUT2D eigenvalue weighted by molar-refractivity contribution is 6.39. The smallest absolute Gasteiger partial charge is 0.160 e. The zero-order valence-corrected chi connectivity index (χ0v) is 16.9. The third-order valence-electron chi connectivity index (χ3n) is 4.47. The molecule has 3 aromatic carbocycles. The molecule has 0 saturated heterocycles. The lowest BCUT2D eigenvalue weighted by molar-refractivity contribution is 0.305. The molecule has 5 heteroatoms. The number of ether oxygens (including phenoxy) is 1. The molecule has 4 aromatic rings. The average Bonchev–Trinajstić information content (AvgIpc) is 2.76. The van der Waals surface area contributed by atoms with Crippen LogP contribution in [0.4, 0.5) is 0 Å². The number of fused-ring (bicyclic) bond motifs is 1. The summed E-state index contributed by atoms with van der Waals surface area (Å²) in [5.74, 6) is 0.704. The molecule has 0 bridgehead atoms. The van der Waals surface area contributed by atoms with Crippen LogP contribution in [-0.2, 0) is 6.61 Å². The van der Waals surface area contributed by atoms with E-state index in [2.05, 4.69) is 4.98 Å². The lowest BCUT2D eigenvalue weighted by Gasteiger charge is -2.09. The highest BCUT2D eigenvalue weighted by Crippen LogP contribution is 2.36. The maximum atomic E-state index is 10.2. The fourth-order valence-electron chi connectivity index (χ4n) is 2.97. The molecule has 0 fully saturated rings. The van der Waals surface area contributed by atoms with Gasteiger partial charge >= 0.3 is 0 Å². The third-order valence-corrected chi connectivity index (χ3v) is 5.07. The fourth-order valence-corrected chi connectivity index (χ4v) is 3.49. The van der Waals surface area contributed by atoms with Gasteiger partial charge < -0.3 is 9.84 Å². The number of pyridine rings is 1. The van der Waals surface area contributed by atoms with E-state index in [1.165, 1.54) is 6.07 Å². The molecule has 0 unspecified atom stereocenters. The van der Waals surface area contributed by atoms with Gasteiger partial charge in [-0.05, 0) is 42.0 Å². The van der Waals surface area contributed by atoms with Crippen LogP contribution in [0.1, 0.15) is 16.8 Å². The van der Waals surface area contributed by atoms with E-state index < -0.39 is 0 Å². The van der Waals surface area contributed by atoms with Crippen molar-refractivity contribution < 1.29 is 9.84 Å². The van der Waals surface area contributed by atoms with Crippen LogP contribution in [-0.4, -0.2) is 10.1 Å². The van der Waals surface area contributed by atoms with Gasteiger partial charge in [-0.3, -0.25) is 0 Å². The number of benzene rings is 3. The van der Waals surface area contributed by atoms with Crippen LogP contribution in [0.3, 0.4) is 0 Å². The molecule has 1 N–H and O–H groups in total. The molecule has 3 nitrogen and oxygen atoms in total. The van der Waals surface area contributed by atoms with Gasteiger partial charge in [0.1, 0.15) is 17.9 Å². The summed E-state index contributed by atoms with van der Waals surface area (Å²) in [5, 5.41) is 11.5. The molecule has 0 atom stereocenters. The van der Waals surface area contributed by atoms with Crippen LogP contribution in [0.5, 0.6) is 11.5 Å². The summed E-state index contributed by atoms with van der Waals surface area (Å²) >= 11 is 12.2. The second-order valence-corrected chi connectivity index (χ2v) is 7.28. The van der Waals surface area contributed by atoms with Gasteiger partial charge in [0, 0.05) is 10.9 Å². The Morgan fingerprint density at radius 3 is 2.45 bits per heavy atom. The van der Waals surface area contributed by atoms with Crippen LogP contribution in [0.2, 0.25) is 10.0 Å². The van der Waals surface area contributed by atoms with E-state index in [1.54, 1.807) is 0 Å². The minimum Gasteiger partial charge on any atom is -0.504 e. The maximum Gasteiger partial charge on any atom is 0.160 e. The normalized spacial score (nSPS) is 11.2. The van der Waals surface area contributed by atoms with E-state index in [0.29, 0.717) is 28.2 Å². The first-order chi connectivity index (χ1) is 14.1. The predicted molar refractivity (Wildman–Crippen MR) is 120 cm³/mol. The molecule has 0 radical (unpaired) electrons. The van der Waals surface area contributed by atoms with Crippen LogP contribution in [0.15, 0.2) is 72.8 Å². The third kappa shape index (κ3) is 4.37. The average molecular weight is 422 g/mol. The van der Waals surface area contributed by atoms with Crippen molar-refractivity contribution in [2.45, 2.75) is 6.61 Å². The quantitative estimate of drug-likeness (QED) is 0.377. The first-order valence-corrected chi connectivity index (χ1v) is 9.79. The Kier molecular flexibility index (Phi) is 5.70. The van der Waals surface area contributed by atoms with Crippen molar-refractivity contribution in [3.8, 4) is 11.5 Å². The molecule has 144 valence electrons. The summed E-state index contributed by atoms with van der Waals surface area (Å²) in [6.45, 7) is 0.491. The molecular formula is C24H17Cl2NO2. The maximum absolute atomic E-state index is 10.2. The van der Waals surface area contributed by atoms with E-state index in [-0.39, 0.29) is 10.8 Å². The van der Waals surface area contributed by atoms with Gasteiger partial charge in [0.25, 0.3) is 0 Å². The van der Waals surface area contributed by atoms with Gasteiger partial charge in [0.15, 0.2) is 5.75 Å². The molecule has 0 spiro atoms. The Morgan fingerprint density at radius 1 is 0.862 bits per heavy atom. The molecular weight excluding hydrogens is 405 g/mol. The lowest BCUT2D eigenvalue weighted by Crippen LogP contribution is -1.96. The fraction of sp³-hybridized carbons (Fsp3) is 0.0417. The summed E-state index contributed by atoms with van der Waals surface area (Å²) in [7, 11) is 0. The Balaban J connectivity index is 1.60. The van der Waals surface area contributed by atoms with Gasteiger partial charge in [0.2, 0.25) is 0 Å². The highest BCUT2D eigenvalue weighted by Gasteiger charge is 2.10. The number of nitrogens with zero attached hydrogens (tertiary/aromatic N) is 1. The van der Waals surface area contributed by atoms with E-state index >= 15 is 0 Å². The van der Waals surface area contributed by atoms with Crippen molar-refractivity contribution in [1.29, 1.82) is 0 Å². The first-order valence-electron chi connectivity index (χ1n) is 9.03. The number of hydrogen-bond acceptors (Lipinski definition) is 3. The highest BCUT2D eigenvalue weighted by atomic mass is 35.5. The number of phenols is 1. The summed E-state index contributed by atoms with van der Waals surface area (Å²) in [6, 6.07) is 23.0. The summed E-state index contributed by atoms with van der Waals surface area (Å²) in [4.78, 5) is 4.49. The van der Waals surface area contributed by atoms with Crippen molar-refractivity contribution in [3.63, 3.8) is 0 Å². The summed E-state index contributed by atoms with van der Waals surface area (Å²) in [5.41, 5.74) is 3.08. The van der Waals surface area contributed by atoms with Crippen LogP contribution in [0, 0.1) is 0 Å². The Morgan fingerprint density at radius 2 is 1.62 bits per heavy atom. The number of phenolic OH excluding ortho intramolecular Hbond substituents is 1. The minimum absolute atomic E-state index is 0.0760. The van der Waals surface area contributed by atoms with Crippen LogP contribution in [0.25, 0.3) is 23.1 Å². The predicted octanol–water partition coefficient (Wildman–Crippen LogP) is 7.00. The van der Waals surface area contributed by atoms with Gasteiger partial charge in [-0.2, -0.15) is 0 Å². The molecule has 29 heavy (non-hydrogen) atoms. The van der Waals surface area contributed by atoms with Crippen molar-refractivity contribution in [2.24, 2.45) is 0 Å². The molecule has 1 heterocycles. The van der Waals surface area contributed by atoms with Crippen molar-refractivity contribution in [3.05, 3.63) is 99.7 Å². The lowest BCUT2D eigenvalue weighted by atomic mass is 10.1. The summed E-state index contributed by atoms with van der Waals surface area (Å²) < 4.78 is 5.99. The molecule has 0 aliphatic heterocycles. The molecule has 1 aromatic heterocycles. The number of rotatable bonds is 5. The van der Waals surface area contributed by atoms with E-state index in [4.69, 9.17) is 27.9 Å². The topological polar surface area (TPSA) is 42.4 Å². The Labute approximate surface area is 178 Å². The number of para-hydroxylation sites is 1. The number of halogens is 2. The molecule has 0 aliphatic carbocycles. The zero-order chi connectivity index (χ0) is 20.2. The monoisotopic (exact) mass is 421 g/mol. The van der Waals surface area contributed by atoms with Crippen LogP contribution >= 0.6 is 23.2 Å². The van der Waals surface area contributed by atoms with Gasteiger partial charge in [-0.15, -0.1) is 0 Å². The van der Waals surface area contributed by atoms with E-state index in [9.17, 15) is 5.11 Å². The van der Waals surface area contributed by atoms with Crippen molar-refractivity contribution in [1.82, 2.24) is 4.98 Å². The minimum atomic E-state index is -0.0760. The molecule has 0 amide bonds. The van der Waals surface area contributed by atoms with Crippen molar-refractivity contribution >= 4 is 46.3 Å². The summed E-state index contributed by atoms with van der Waals surface area (Å²) in [6.07, 6.45) is 3.79. The molecule has 0 saturated carbocycles. The Bertz CT molecular complexity index is 1190. The van der Waals surface area contributed by atoms with E-state index in [1.807, 2.05) is 78.9 Å². The SMILES string of the molecule is Oc1c(Cl)cc(Cl)c2ccc(C=Cc3ccccc3OCc3ccccc3)nc12. The number of aromatic nitrogens is 1. The molecule has 0 aliphatic rings. The van der Waals surface area contributed by atoms with E-state index in [0.717, 1.165) is 16.9 Å².